The lowest BCUT2D eigenvalue weighted by atomic mass is 10.1. The Morgan fingerprint density at radius 2 is 1.88 bits per heavy atom. The highest BCUT2D eigenvalue weighted by Crippen LogP contribution is 2.18. The number of nitrogens with zero attached hydrogens (tertiary/aromatic N) is 6. The predicted molar refractivity (Wildman–Crippen MR) is 129 cm³/mol. The number of carbonyl (C=O) groups is 1. The monoisotopic (exact) mass is 465 g/mol. The van der Waals surface area contributed by atoms with E-state index in [0.29, 0.717) is 30.7 Å². The number of aromatic nitrogens is 5. The first-order valence-corrected chi connectivity index (χ1v) is 11.4. The fourth-order valence-electron chi connectivity index (χ4n) is 3.74. The molecule has 1 aliphatic heterocycles. The molecule has 0 aliphatic carbocycles. The molecule has 0 bridgehead atoms. The Hall–Kier alpha value is -3.57. The van der Waals surface area contributed by atoms with Crippen LogP contribution in [0.2, 0.25) is 0 Å². The Morgan fingerprint density at radius 3 is 2.59 bits per heavy atom. The van der Waals surface area contributed by atoms with Crippen LogP contribution in [-0.2, 0) is 16.0 Å². The molecule has 0 radical (unpaired) electrons. The Labute approximate surface area is 199 Å². The van der Waals surface area contributed by atoms with Crippen LogP contribution in [0.5, 0.6) is 0 Å². The van der Waals surface area contributed by atoms with E-state index in [1.54, 1.807) is 12.5 Å². The molecule has 1 aliphatic rings. The molecule has 3 aromatic rings. The third-order valence-corrected chi connectivity index (χ3v) is 5.73. The van der Waals surface area contributed by atoms with Crippen molar-refractivity contribution in [2.45, 2.75) is 12.5 Å². The van der Waals surface area contributed by atoms with Gasteiger partial charge in [-0.2, -0.15) is 15.0 Å². The first kappa shape index (κ1) is 23.6. The third kappa shape index (κ3) is 6.49. The van der Waals surface area contributed by atoms with Crippen LogP contribution < -0.4 is 10.6 Å². The highest BCUT2D eigenvalue weighted by molar-refractivity contribution is 5.79. The number of likely N-dealkylation sites (N-methyl/N-ethyl adjacent to an activating group) is 1. The van der Waals surface area contributed by atoms with Crippen LogP contribution in [0.3, 0.4) is 0 Å². The predicted octanol–water partition coefficient (Wildman–Crippen LogP) is 1.12. The molecule has 1 fully saturated rings. The smallest absolute Gasteiger partial charge is 0.328 e. The average Bonchev–Trinajstić information content (AvgIpc) is 3.38. The summed E-state index contributed by atoms with van der Waals surface area (Å²) in [6.07, 6.45) is 3.64. The van der Waals surface area contributed by atoms with Gasteiger partial charge in [0.25, 0.3) is 0 Å². The number of imidazole rings is 1. The summed E-state index contributed by atoms with van der Waals surface area (Å²) < 4.78 is 4.98. The molecule has 180 valence electrons. The zero-order valence-corrected chi connectivity index (χ0v) is 19.6. The van der Waals surface area contributed by atoms with E-state index in [4.69, 9.17) is 4.74 Å². The van der Waals surface area contributed by atoms with Gasteiger partial charge in [-0.1, -0.05) is 30.3 Å². The maximum atomic E-state index is 12.4. The molecule has 3 heterocycles. The zero-order chi connectivity index (χ0) is 23.8. The number of rotatable bonds is 10. The Balaban J connectivity index is 1.51. The van der Waals surface area contributed by atoms with Gasteiger partial charge in [0.05, 0.1) is 19.1 Å². The van der Waals surface area contributed by atoms with Gasteiger partial charge in [-0.3, -0.25) is 4.90 Å². The zero-order valence-electron chi connectivity index (χ0n) is 19.6. The van der Waals surface area contributed by atoms with E-state index < -0.39 is 12.0 Å². The summed E-state index contributed by atoms with van der Waals surface area (Å²) in [4.78, 5) is 38.0. The molecule has 1 aromatic carbocycles. The van der Waals surface area contributed by atoms with Crippen LogP contribution in [0.4, 0.5) is 11.9 Å². The van der Waals surface area contributed by atoms with Crippen molar-refractivity contribution in [3.05, 3.63) is 48.5 Å². The van der Waals surface area contributed by atoms with Crippen LogP contribution in [-0.4, -0.2) is 100 Å². The Bertz CT molecular complexity index is 1040. The van der Waals surface area contributed by atoms with E-state index >= 15 is 0 Å². The van der Waals surface area contributed by atoms with Crippen LogP contribution in [0, 0.1) is 0 Å². The van der Waals surface area contributed by atoms with Crippen LogP contribution >= 0.6 is 0 Å². The molecule has 0 amide bonds. The number of esters is 1. The number of benzene rings is 1. The number of piperazine rings is 1. The average molecular weight is 466 g/mol. The second-order valence-corrected chi connectivity index (χ2v) is 8.23. The number of aromatic amines is 1. The van der Waals surface area contributed by atoms with Gasteiger partial charge in [0, 0.05) is 57.4 Å². The molecule has 2 aromatic heterocycles. The third-order valence-electron chi connectivity index (χ3n) is 5.73. The number of nitrogens with one attached hydrogen (secondary N) is 3. The van der Waals surface area contributed by atoms with Gasteiger partial charge in [0.2, 0.25) is 11.9 Å². The van der Waals surface area contributed by atoms with Gasteiger partial charge in [-0.25, -0.2) is 9.78 Å². The highest BCUT2D eigenvalue weighted by Gasteiger charge is 2.23. The second kappa shape index (κ2) is 11.5. The number of carbonyl (C=O) groups excluding carboxylic acids is 1. The molecule has 0 saturated carbocycles. The van der Waals surface area contributed by atoms with E-state index in [1.807, 2.05) is 30.3 Å². The molecule has 11 nitrogen and oxygen atoms in total. The Morgan fingerprint density at radius 1 is 1.12 bits per heavy atom. The summed E-state index contributed by atoms with van der Waals surface area (Å²) in [6, 6.07) is 8.99. The quantitative estimate of drug-likeness (QED) is 0.375. The van der Waals surface area contributed by atoms with Gasteiger partial charge in [-0.15, -0.1) is 0 Å². The lowest BCUT2D eigenvalue weighted by molar-refractivity contribution is -0.141. The lowest BCUT2D eigenvalue weighted by Gasteiger charge is -2.32. The number of hydrogen-bond donors (Lipinski definition) is 3. The molecule has 11 heteroatoms. The number of ether oxygens (including phenoxy) is 1. The summed E-state index contributed by atoms with van der Waals surface area (Å²) >= 11 is 0. The SMILES string of the molecule is COC(=O)C(Cc1c[nH]cn1)Nc1nc(NCCN2CCN(C)CC2)nc(-c2ccccc2)n1. The van der Waals surface area contributed by atoms with E-state index in [-0.39, 0.29) is 0 Å². The molecular weight excluding hydrogens is 434 g/mol. The second-order valence-electron chi connectivity index (χ2n) is 8.23. The molecule has 4 rings (SSSR count). The van der Waals surface area contributed by atoms with Gasteiger partial charge in [0.1, 0.15) is 6.04 Å². The van der Waals surface area contributed by atoms with Crippen molar-refractivity contribution < 1.29 is 9.53 Å². The number of hydrogen-bond acceptors (Lipinski definition) is 10. The molecule has 1 saturated heterocycles. The molecule has 1 atom stereocenters. The number of H-pyrrole nitrogens is 1. The van der Waals surface area contributed by atoms with Gasteiger partial charge >= 0.3 is 5.97 Å². The van der Waals surface area contributed by atoms with Gasteiger partial charge in [0.15, 0.2) is 5.82 Å². The van der Waals surface area contributed by atoms with Crippen molar-refractivity contribution in [1.82, 2.24) is 34.7 Å². The van der Waals surface area contributed by atoms with Crippen molar-refractivity contribution in [2.75, 3.05) is 64.1 Å². The number of methoxy groups -OCH3 is 1. The van der Waals surface area contributed by atoms with Crippen molar-refractivity contribution in [3.8, 4) is 11.4 Å². The fourth-order valence-corrected chi connectivity index (χ4v) is 3.74. The van der Waals surface area contributed by atoms with Crippen molar-refractivity contribution in [2.24, 2.45) is 0 Å². The molecule has 0 spiro atoms. The first-order chi connectivity index (χ1) is 16.6. The largest absolute Gasteiger partial charge is 0.467 e. The van der Waals surface area contributed by atoms with E-state index in [0.717, 1.165) is 44.0 Å². The van der Waals surface area contributed by atoms with Gasteiger partial charge < -0.3 is 25.3 Å². The van der Waals surface area contributed by atoms with E-state index in [2.05, 4.69) is 52.4 Å². The minimum atomic E-state index is -0.697. The van der Waals surface area contributed by atoms with E-state index in [9.17, 15) is 4.79 Å². The van der Waals surface area contributed by atoms with Crippen molar-refractivity contribution >= 4 is 17.9 Å². The lowest BCUT2D eigenvalue weighted by Crippen LogP contribution is -2.45. The summed E-state index contributed by atoms with van der Waals surface area (Å²) in [7, 11) is 3.50. The normalized spacial score (nSPS) is 15.6. The van der Waals surface area contributed by atoms with E-state index in [1.165, 1.54) is 7.11 Å². The molecular formula is C23H31N9O2. The summed E-state index contributed by atoms with van der Waals surface area (Å²) in [6.45, 7) is 5.84. The summed E-state index contributed by atoms with van der Waals surface area (Å²) in [5, 5.41) is 6.44. The molecule has 1 unspecified atom stereocenters. The molecule has 3 N–H and O–H groups in total. The Kier molecular flexibility index (Phi) is 7.99. The fraction of sp³-hybridized carbons (Fsp3) is 0.435. The van der Waals surface area contributed by atoms with Crippen LogP contribution in [0.25, 0.3) is 11.4 Å². The highest BCUT2D eigenvalue weighted by atomic mass is 16.5. The minimum Gasteiger partial charge on any atom is -0.467 e. The van der Waals surface area contributed by atoms with Crippen molar-refractivity contribution in [3.63, 3.8) is 0 Å². The maximum absolute atomic E-state index is 12.4. The standard InChI is InChI=1S/C23H31N9O2/c1-31-10-12-32(13-11-31)9-8-25-22-28-20(17-6-4-3-5-7-17)29-23(30-22)27-19(21(33)34-2)14-18-15-24-16-26-18/h3-7,15-16,19H,8-14H2,1-2H3,(H,24,26)(H2,25,27,28,29,30). The van der Waals surface area contributed by atoms with Crippen LogP contribution in [0.1, 0.15) is 5.69 Å². The molecule has 34 heavy (non-hydrogen) atoms. The maximum Gasteiger partial charge on any atom is 0.328 e. The first-order valence-electron chi connectivity index (χ1n) is 11.4. The summed E-state index contributed by atoms with van der Waals surface area (Å²) in [5.41, 5.74) is 1.59. The topological polar surface area (TPSA) is 124 Å². The minimum absolute atomic E-state index is 0.293. The van der Waals surface area contributed by atoms with Gasteiger partial charge in [-0.05, 0) is 7.05 Å². The summed E-state index contributed by atoms with van der Waals surface area (Å²) in [5.74, 6) is 0.841. The van der Waals surface area contributed by atoms with Crippen LogP contribution in [0.15, 0.2) is 42.9 Å². The number of anilines is 2. The van der Waals surface area contributed by atoms with Crippen molar-refractivity contribution in [1.29, 1.82) is 0 Å².